The molecule has 0 aliphatic heterocycles. The summed E-state index contributed by atoms with van der Waals surface area (Å²) < 4.78 is 0. The highest BCUT2D eigenvalue weighted by molar-refractivity contribution is 6.36. The molecule has 2 aromatic rings. The Labute approximate surface area is 94.4 Å². The minimum atomic E-state index is -0.434. The summed E-state index contributed by atoms with van der Waals surface area (Å²) in [6, 6.07) is 4.67. The minimum Gasteiger partial charge on any atom is -0.493 e. The summed E-state index contributed by atoms with van der Waals surface area (Å²) in [4.78, 5) is 11.3. The molecule has 0 bridgehead atoms. The molecule has 2 rings (SSSR count). The van der Waals surface area contributed by atoms with Crippen LogP contribution in [0.2, 0.25) is 10.0 Å². The first-order valence-corrected chi connectivity index (χ1v) is 4.80. The molecule has 0 amide bonds. The van der Waals surface area contributed by atoms with Crippen LogP contribution < -0.4 is 5.56 Å². The van der Waals surface area contributed by atoms with Crippen LogP contribution in [0.5, 0.6) is 5.88 Å². The van der Waals surface area contributed by atoms with Gasteiger partial charge in [-0.25, -0.2) is 0 Å². The van der Waals surface area contributed by atoms with Crippen molar-refractivity contribution < 1.29 is 5.11 Å². The van der Waals surface area contributed by atoms with E-state index in [1.165, 1.54) is 6.07 Å². The van der Waals surface area contributed by atoms with E-state index in [0.29, 0.717) is 15.6 Å². The molecule has 0 unspecified atom stereocenters. The Balaban J connectivity index is 2.69. The highest BCUT2D eigenvalue weighted by Gasteiger charge is 2.14. The summed E-state index contributed by atoms with van der Waals surface area (Å²) in [6.45, 7) is 0. The molecule has 78 valence electrons. The van der Waals surface area contributed by atoms with E-state index in [1.807, 2.05) is 0 Å². The average Bonchev–Trinajstić information content (AvgIpc) is 2.48. The van der Waals surface area contributed by atoms with Crippen molar-refractivity contribution in [2.24, 2.45) is 0 Å². The van der Waals surface area contributed by atoms with E-state index >= 15 is 0 Å². The first-order valence-electron chi connectivity index (χ1n) is 4.04. The predicted molar refractivity (Wildman–Crippen MR) is 58.5 cm³/mol. The maximum atomic E-state index is 11.3. The van der Waals surface area contributed by atoms with Crippen LogP contribution >= 0.6 is 23.2 Å². The van der Waals surface area contributed by atoms with Gasteiger partial charge in [0.25, 0.3) is 5.56 Å². The van der Waals surface area contributed by atoms with E-state index in [2.05, 4.69) is 10.2 Å². The molecule has 1 aromatic carbocycles. The predicted octanol–water partition coefficient (Wildman–Crippen LogP) is 2.38. The lowest BCUT2D eigenvalue weighted by atomic mass is 10.1. The summed E-state index contributed by atoms with van der Waals surface area (Å²) >= 11 is 11.6. The van der Waals surface area contributed by atoms with Gasteiger partial charge in [0.2, 0.25) is 5.88 Å². The summed E-state index contributed by atoms with van der Waals surface area (Å²) in [5, 5.41) is 14.7. The largest absolute Gasteiger partial charge is 0.493 e. The molecule has 0 saturated heterocycles. The van der Waals surface area contributed by atoms with Crippen molar-refractivity contribution in [2.75, 3.05) is 0 Å². The number of halogens is 2. The third-order valence-corrected chi connectivity index (χ3v) is 2.51. The number of rotatable bonds is 1. The Bertz CT molecular complexity index is 559. The Morgan fingerprint density at radius 3 is 2.47 bits per heavy atom. The van der Waals surface area contributed by atoms with Gasteiger partial charge in [-0.2, -0.15) is 0 Å². The zero-order valence-corrected chi connectivity index (χ0v) is 8.86. The lowest BCUT2D eigenvalue weighted by Crippen LogP contribution is -2.01. The molecule has 0 atom stereocenters. The fourth-order valence-corrected chi connectivity index (χ4v) is 1.79. The molecule has 1 heterocycles. The number of nitrogens with one attached hydrogen (secondary N) is 2. The smallest absolute Gasteiger partial charge is 0.275 e. The van der Waals surface area contributed by atoms with E-state index in [-0.39, 0.29) is 11.4 Å². The first kappa shape index (κ1) is 10.1. The number of benzene rings is 1. The van der Waals surface area contributed by atoms with Crippen molar-refractivity contribution in [3.63, 3.8) is 0 Å². The van der Waals surface area contributed by atoms with E-state index in [0.717, 1.165) is 0 Å². The highest BCUT2D eigenvalue weighted by Crippen LogP contribution is 2.31. The summed E-state index contributed by atoms with van der Waals surface area (Å²) in [5.41, 5.74) is 0.106. The molecule has 3 N–H and O–H groups in total. The topological polar surface area (TPSA) is 68.9 Å². The number of H-pyrrole nitrogens is 2. The van der Waals surface area contributed by atoms with Crippen molar-refractivity contribution in [2.45, 2.75) is 0 Å². The second kappa shape index (κ2) is 3.64. The van der Waals surface area contributed by atoms with Gasteiger partial charge in [-0.15, -0.1) is 0 Å². The zero-order valence-electron chi connectivity index (χ0n) is 7.34. The Hall–Kier alpha value is -1.39. The Kier molecular flexibility index (Phi) is 2.46. The molecule has 15 heavy (non-hydrogen) atoms. The lowest BCUT2D eigenvalue weighted by Gasteiger charge is -2.01. The summed E-state index contributed by atoms with van der Waals surface area (Å²) in [5.74, 6) is -0.246. The average molecular weight is 245 g/mol. The molecule has 4 nitrogen and oxygen atoms in total. The normalized spacial score (nSPS) is 10.5. The lowest BCUT2D eigenvalue weighted by molar-refractivity contribution is 0.454. The third-order valence-electron chi connectivity index (χ3n) is 1.96. The Morgan fingerprint density at radius 2 is 1.93 bits per heavy atom. The summed E-state index contributed by atoms with van der Waals surface area (Å²) in [7, 11) is 0. The van der Waals surface area contributed by atoms with E-state index in [9.17, 15) is 9.90 Å². The maximum Gasteiger partial charge on any atom is 0.275 e. The molecule has 0 aliphatic rings. The SMILES string of the molecule is O=c1[nH][nH]c(O)c1-c1ccc(Cl)cc1Cl. The molecule has 6 heteroatoms. The van der Waals surface area contributed by atoms with Crippen LogP contribution in [0.1, 0.15) is 0 Å². The molecule has 0 aliphatic carbocycles. The van der Waals surface area contributed by atoms with E-state index in [1.54, 1.807) is 12.1 Å². The van der Waals surface area contributed by atoms with Crippen LogP contribution in [0.25, 0.3) is 11.1 Å². The molecular weight excluding hydrogens is 239 g/mol. The second-order valence-electron chi connectivity index (χ2n) is 2.93. The number of aromatic hydroxyl groups is 1. The number of aromatic nitrogens is 2. The third kappa shape index (κ3) is 1.73. The number of hydrogen-bond donors (Lipinski definition) is 3. The van der Waals surface area contributed by atoms with E-state index in [4.69, 9.17) is 23.2 Å². The Morgan fingerprint density at radius 1 is 1.20 bits per heavy atom. The number of aromatic amines is 2. The monoisotopic (exact) mass is 244 g/mol. The highest BCUT2D eigenvalue weighted by atomic mass is 35.5. The van der Waals surface area contributed by atoms with Gasteiger partial charge in [0.1, 0.15) is 5.56 Å². The first-order chi connectivity index (χ1) is 7.09. The summed E-state index contributed by atoms with van der Waals surface area (Å²) in [6.07, 6.45) is 0. The zero-order chi connectivity index (χ0) is 11.0. The van der Waals surface area contributed by atoms with Crippen LogP contribution in [0.15, 0.2) is 23.0 Å². The van der Waals surface area contributed by atoms with Crippen molar-refractivity contribution >= 4 is 23.2 Å². The van der Waals surface area contributed by atoms with E-state index < -0.39 is 5.56 Å². The molecule has 0 radical (unpaired) electrons. The van der Waals surface area contributed by atoms with Gasteiger partial charge in [-0.1, -0.05) is 29.3 Å². The van der Waals surface area contributed by atoms with Crippen LogP contribution in [0.4, 0.5) is 0 Å². The van der Waals surface area contributed by atoms with Gasteiger partial charge in [-0.05, 0) is 12.1 Å². The fourth-order valence-electron chi connectivity index (χ4n) is 1.29. The van der Waals surface area contributed by atoms with Crippen molar-refractivity contribution in [3.05, 3.63) is 38.6 Å². The molecule has 0 fully saturated rings. The van der Waals surface area contributed by atoms with Crippen LogP contribution in [0, 0.1) is 0 Å². The molecular formula is C9H6Cl2N2O2. The molecule has 0 spiro atoms. The number of hydrogen-bond acceptors (Lipinski definition) is 2. The molecule has 1 aromatic heterocycles. The van der Waals surface area contributed by atoms with Gasteiger partial charge in [0.05, 0.1) is 5.02 Å². The second-order valence-corrected chi connectivity index (χ2v) is 3.77. The van der Waals surface area contributed by atoms with Crippen LogP contribution in [-0.2, 0) is 0 Å². The quantitative estimate of drug-likeness (QED) is 0.721. The van der Waals surface area contributed by atoms with Crippen molar-refractivity contribution in [1.29, 1.82) is 0 Å². The maximum absolute atomic E-state index is 11.3. The van der Waals surface area contributed by atoms with Gasteiger partial charge >= 0.3 is 0 Å². The van der Waals surface area contributed by atoms with Gasteiger partial charge in [0.15, 0.2) is 0 Å². The van der Waals surface area contributed by atoms with Crippen LogP contribution in [-0.4, -0.2) is 15.3 Å². The van der Waals surface area contributed by atoms with Crippen molar-refractivity contribution in [1.82, 2.24) is 10.2 Å². The van der Waals surface area contributed by atoms with Gasteiger partial charge < -0.3 is 5.11 Å². The minimum absolute atomic E-state index is 0.108. The standard InChI is InChI=1S/C9H6Cl2N2O2/c10-4-1-2-5(6(11)3-4)7-8(14)12-13-9(7)15/h1-3H,(H3,12,13,14,15). The van der Waals surface area contributed by atoms with Crippen LogP contribution in [0.3, 0.4) is 0 Å². The van der Waals surface area contributed by atoms with Crippen molar-refractivity contribution in [3.8, 4) is 17.0 Å². The van der Waals surface area contributed by atoms with Gasteiger partial charge in [-0.3, -0.25) is 15.0 Å². The fraction of sp³-hybridized carbons (Fsp3) is 0. The van der Waals surface area contributed by atoms with Gasteiger partial charge in [0, 0.05) is 10.6 Å². The molecule has 0 saturated carbocycles.